The van der Waals surface area contributed by atoms with Crippen LogP contribution in [0.5, 0.6) is 0 Å². The van der Waals surface area contributed by atoms with Crippen LogP contribution >= 0.6 is 23.2 Å². The summed E-state index contributed by atoms with van der Waals surface area (Å²) >= 11 is 11.7. The molecule has 0 N–H and O–H groups in total. The highest BCUT2D eigenvalue weighted by Gasteiger charge is 2.08. The zero-order chi connectivity index (χ0) is 12.5. The molecule has 3 rings (SSSR count). The monoisotopic (exact) mass is 278 g/mol. The average molecular weight is 279 g/mol. The Morgan fingerprint density at radius 3 is 2.61 bits per heavy atom. The maximum atomic E-state index is 5.85. The van der Waals surface area contributed by atoms with Gasteiger partial charge in [-0.15, -0.1) is 0 Å². The Morgan fingerprint density at radius 1 is 1.06 bits per heavy atom. The summed E-state index contributed by atoms with van der Waals surface area (Å²) in [6.07, 6.45) is 2.15. The fourth-order valence-electron chi connectivity index (χ4n) is 1.70. The number of oxazole rings is 1. The summed E-state index contributed by atoms with van der Waals surface area (Å²) in [6, 6.07) is 9.30. The Hall–Kier alpha value is -1.58. The van der Waals surface area contributed by atoms with Gasteiger partial charge in [-0.05, 0) is 23.8 Å². The van der Waals surface area contributed by atoms with Crippen molar-refractivity contribution in [2.45, 2.75) is 6.42 Å². The Labute approximate surface area is 113 Å². The zero-order valence-corrected chi connectivity index (χ0v) is 10.7. The summed E-state index contributed by atoms with van der Waals surface area (Å²) in [5.74, 6) is 0.613. The number of nitrogens with zero attached hydrogens (tertiary/aromatic N) is 2. The number of halogens is 2. The van der Waals surface area contributed by atoms with Crippen LogP contribution in [0.1, 0.15) is 11.5 Å². The molecule has 3 aromatic rings. The summed E-state index contributed by atoms with van der Waals surface area (Å²) in [4.78, 5) is 8.42. The van der Waals surface area contributed by atoms with Crippen molar-refractivity contribution < 1.29 is 4.42 Å². The minimum Gasteiger partial charge on any atom is -0.422 e. The molecule has 2 heterocycles. The first-order valence-corrected chi connectivity index (χ1v) is 6.12. The van der Waals surface area contributed by atoms with E-state index in [-0.39, 0.29) is 0 Å². The van der Waals surface area contributed by atoms with E-state index in [0.717, 1.165) is 5.56 Å². The third-order valence-electron chi connectivity index (χ3n) is 2.53. The summed E-state index contributed by atoms with van der Waals surface area (Å²) < 4.78 is 5.54. The quantitative estimate of drug-likeness (QED) is 0.708. The maximum Gasteiger partial charge on any atom is 0.247 e. The zero-order valence-electron chi connectivity index (χ0n) is 9.23. The lowest BCUT2D eigenvalue weighted by Crippen LogP contribution is -1.87. The van der Waals surface area contributed by atoms with E-state index in [2.05, 4.69) is 9.97 Å². The number of hydrogen-bond donors (Lipinski definition) is 0. The topological polar surface area (TPSA) is 38.9 Å². The summed E-state index contributed by atoms with van der Waals surface area (Å²) in [6.45, 7) is 0. The molecule has 18 heavy (non-hydrogen) atoms. The van der Waals surface area contributed by atoms with E-state index >= 15 is 0 Å². The van der Waals surface area contributed by atoms with Crippen LogP contribution in [0.2, 0.25) is 10.0 Å². The lowest BCUT2D eigenvalue weighted by molar-refractivity contribution is 0.535. The first-order valence-electron chi connectivity index (χ1n) is 5.36. The predicted molar refractivity (Wildman–Crippen MR) is 71.1 cm³/mol. The van der Waals surface area contributed by atoms with Gasteiger partial charge < -0.3 is 4.42 Å². The van der Waals surface area contributed by atoms with Gasteiger partial charge in [0.25, 0.3) is 0 Å². The minimum atomic E-state index is 0.503. The number of aromatic nitrogens is 2. The minimum absolute atomic E-state index is 0.503. The molecule has 0 spiro atoms. The van der Waals surface area contributed by atoms with Crippen LogP contribution in [-0.4, -0.2) is 9.97 Å². The van der Waals surface area contributed by atoms with E-state index in [0.29, 0.717) is 33.6 Å². The Bertz CT molecular complexity index is 692. The molecular formula is C13H8Cl2N2O. The lowest BCUT2D eigenvalue weighted by Gasteiger charge is -1.96. The second kappa shape index (κ2) is 4.59. The van der Waals surface area contributed by atoms with Crippen molar-refractivity contribution in [2.24, 2.45) is 0 Å². The standard InChI is InChI=1S/C13H8Cl2N2O/c14-9-3-1-8(2-4-9)5-12-17-11-6-10(15)7-16-13(11)18-12/h1-4,6-7H,5H2. The SMILES string of the molecule is Clc1ccc(Cc2nc3cc(Cl)cnc3o2)cc1. The molecule has 0 aliphatic rings. The predicted octanol–water partition coefficient (Wildman–Crippen LogP) is 4.12. The molecule has 3 nitrogen and oxygen atoms in total. The normalized spacial score (nSPS) is 11.0. The largest absolute Gasteiger partial charge is 0.422 e. The van der Waals surface area contributed by atoms with Crippen LogP contribution < -0.4 is 0 Å². The third-order valence-corrected chi connectivity index (χ3v) is 2.99. The van der Waals surface area contributed by atoms with Crippen molar-refractivity contribution in [1.82, 2.24) is 9.97 Å². The molecule has 2 aromatic heterocycles. The van der Waals surface area contributed by atoms with Crippen LogP contribution in [0.4, 0.5) is 0 Å². The van der Waals surface area contributed by atoms with E-state index in [1.54, 1.807) is 12.3 Å². The summed E-state index contributed by atoms with van der Waals surface area (Å²) in [5, 5.41) is 1.26. The fourth-order valence-corrected chi connectivity index (χ4v) is 1.97. The van der Waals surface area contributed by atoms with Crippen LogP contribution in [0.25, 0.3) is 11.2 Å². The molecule has 90 valence electrons. The number of fused-ring (bicyclic) bond motifs is 1. The highest BCUT2D eigenvalue weighted by Crippen LogP contribution is 2.19. The van der Waals surface area contributed by atoms with Crippen LogP contribution in [0.3, 0.4) is 0 Å². The van der Waals surface area contributed by atoms with E-state index in [4.69, 9.17) is 27.6 Å². The van der Waals surface area contributed by atoms with E-state index in [1.807, 2.05) is 24.3 Å². The first-order chi connectivity index (χ1) is 8.70. The Balaban J connectivity index is 1.92. The van der Waals surface area contributed by atoms with Gasteiger partial charge in [0.15, 0.2) is 0 Å². The molecule has 5 heteroatoms. The molecule has 0 bridgehead atoms. The Kier molecular flexibility index (Phi) is 2.94. The number of hydrogen-bond acceptors (Lipinski definition) is 3. The van der Waals surface area contributed by atoms with Gasteiger partial charge in [-0.3, -0.25) is 0 Å². The fraction of sp³-hybridized carbons (Fsp3) is 0.0769. The van der Waals surface area contributed by atoms with Gasteiger partial charge in [0, 0.05) is 17.6 Å². The van der Waals surface area contributed by atoms with Crippen molar-refractivity contribution in [2.75, 3.05) is 0 Å². The van der Waals surface area contributed by atoms with Crippen LogP contribution in [0, 0.1) is 0 Å². The molecule has 0 amide bonds. The molecule has 0 unspecified atom stereocenters. The van der Waals surface area contributed by atoms with Gasteiger partial charge >= 0.3 is 0 Å². The molecule has 0 atom stereocenters. The van der Waals surface area contributed by atoms with Crippen molar-refractivity contribution in [1.29, 1.82) is 0 Å². The number of pyridine rings is 1. The van der Waals surface area contributed by atoms with E-state index in [1.165, 1.54) is 0 Å². The molecule has 0 saturated heterocycles. The van der Waals surface area contributed by atoms with Crippen LogP contribution in [0.15, 0.2) is 40.9 Å². The van der Waals surface area contributed by atoms with Crippen molar-refractivity contribution in [3.8, 4) is 0 Å². The third kappa shape index (κ3) is 2.33. The molecule has 1 aromatic carbocycles. The second-order valence-electron chi connectivity index (χ2n) is 3.89. The van der Waals surface area contributed by atoms with E-state index in [9.17, 15) is 0 Å². The van der Waals surface area contributed by atoms with Crippen molar-refractivity contribution in [3.63, 3.8) is 0 Å². The first kappa shape index (κ1) is 11.5. The second-order valence-corrected chi connectivity index (χ2v) is 4.76. The van der Waals surface area contributed by atoms with Gasteiger partial charge in [0.1, 0.15) is 5.52 Å². The van der Waals surface area contributed by atoms with Gasteiger partial charge in [0.05, 0.1) is 5.02 Å². The molecular weight excluding hydrogens is 271 g/mol. The van der Waals surface area contributed by atoms with Gasteiger partial charge in [-0.2, -0.15) is 0 Å². The Morgan fingerprint density at radius 2 is 1.83 bits per heavy atom. The van der Waals surface area contributed by atoms with E-state index < -0.39 is 0 Å². The highest BCUT2D eigenvalue weighted by atomic mass is 35.5. The lowest BCUT2D eigenvalue weighted by atomic mass is 10.1. The van der Waals surface area contributed by atoms with Crippen LogP contribution in [-0.2, 0) is 6.42 Å². The molecule has 0 saturated carbocycles. The summed E-state index contributed by atoms with van der Waals surface area (Å²) in [5.41, 5.74) is 2.26. The van der Waals surface area contributed by atoms with Crippen molar-refractivity contribution >= 4 is 34.4 Å². The van der Waals surface area contributed by atoms with Gasteiger partial charge in [-0.1, -0.05) is 35.3 Å². The molecule has 0 radical (unpaired) electrons. The molecule has 0 aliphatic carbocycles. The van der Waals surface area contributed by atoms with Gasteiger partial charge in [0.2, 0.25) is 11.6 Å². The average Bonchev–Trinajstić information content (AvgIpc) is 2.73. The van der Waals surface area contributed by atoms with Gasteiger partial charge in [-0.25, -0.2) is 9.97 Å². The molecule has 0 aliphatic heterocycles. The number of rotatable bonds is 2. The summed E-state index contributed by atoms with van der Waals surface area (Å²) in [7, 11) is 0. The maximum absolute atomic E-state index is 5.85. The van der Waals surface area contributed by atoms with Crippen molar-refractivity contribution in [3.05, 3.63) is 58.0 Å². The smallest absolute Gasteiger partial charge is 0.247 e. The molecule has 0 fully saturated rings. The number of benzene rings is 1. The highest BCUT2D eigenvalue weighted by molar-refractivity contribution is 6.31.